The second-order valence-electron chi connectivity index (χ2n) is 8.46. The van der Waals surface area contributed by atoms with Crippen LogP contribution in [0.3, 0.4) is 0 Å². The zero-order chi connectivity index (χ0) is 22.5. The molecule has 0 aliphatic heterocycles. The molecule has 7 rings (SSSR count). The summed E-state index contributed by atoms with van der Waals surface area (Å²) < 4.78 is 6.03. The summed E-state index contributed by atoms with van der Waals surface area (Å²) in [5, 5.41) is 12.3. The molecule has 0 aliphatic carbocycles. The molecule has 2 aromatic heterocycles. The number of fused-ring (bicyclic) bond motifs is 4. The highest BCUT2D eigenvalue weighted by Gasteiger charge is 2.12. The number of hydrogen-bond donors (Lipinski definition) is 1. The molecule has 0 radical (unpaired) electrons. The first kappa shape index (κ1) is 18.8. The molecule has 5 aromatic carbocycles. The van der Waals surface area contributed by atoms with Crippen molar-refractivity contribution in [2.24, 2.45) is 0 Å². The molecule has 4 heteroatoms. The van der Waals surface area contributed by atoms with E-state index in [9.17, 15) is 0 Å². The Kier molecular flexibility index (Phi) is 4.11. The minimum absolute atomic E-state index is 0.671. The Morgan fingerprint density at radius 3 is 2.15 bits per heavy atom. The molecule has 0 aliphatic rings. The van der Waals surface area contributed by atoms with Gasteiger partial charge in [0, 0.05) is 21.9 Å². The predicted molar refractivity (Wildman–Crippen MR) is 137 cm³/mol. The number of nitrogens with one attached hydrogen (secondary N) is 1. The summed E-state index contributed by atoms with van der Waals surface area (Å²) >= 11 is 0. The van der Waals surface area contributed by atoms with Gasteiger partial charge in [-0.2, -0.15) is 5.10 Å². The highest BCUT2D eigenvalue weighted by molar-refractivity contribution is 6.05. The predicted octanol–water partition coefficient (Wildman–Crippen LogP) is 7.86. The molecular formula is C30H19N3O. The Bertz CT molecular complexity index is 1810. The van der Waals surface area contributed by atoms with Gasteiger partial charge in [-0.1, -0.05) is 84.9 Å². The van der Waals surface area contributed by atoms with Gasteiger partial charge in [-0.25, -0.2) is 4.98 Å². The van der Waals surface area contributed by atoms with Crippen molar-refractivity contribution in [2.75, 3.05) is 0 Å². The Morgan fingerprint density at radius 1 is 0.529 bits per heavy atom. The van der Waals surface area contributed by atoms with Crippen LogP contribution in [0.5, 0.6) is 0 Å². The van der Waals surface area contributed by atoms with Crippen LogP contribution in [0.2, 0.25) is 0 Å². The Hall–Kier alpha value is -4.70. The molecular weight excluding hydrogens is 418 g/mol. The zero-order valence-electron chi connectivity index (χ0n) is 18.2. The average Bonchev–Trinajstić information content (AvgIpc) is 3.53. The van der Waals surface area contributed by atoms with Crippen LogP contribution in [-0.4, -0.2) is 15.2 Å². The van der Waals surface area contributed by atoms with E-state index in [0.717, 1.165) is 38.9 Å². The molecule has 7 aromatic rings. The first-order chi connectivity index (χ1) is 16.8. The summed E-state index contributed by atoms with van der Waals surface area (Å²) in [4.78, 5) is 4.75. The number of furan rings is 1. The number of aromatic amines is 1. The second-order valence-corrected chi connectivity index (χ2v) is 8.46. The monoisotopic (exact) mass is 437 g/mol. The Balaban J connectivity index is 1.20. The first-order valence-corrected chi connectivity index (χ1v) is 11.3. The number of aromatic nitrogens is 3. The van der Waals surface area contributed by atoms with Crippen molar-refractivity contribution in [3.8, 4) is 33.9 Å². The Morgan fingerprint density at radius 2 is 1.24 bits per heavy atom. The maximum absolute atomic E-state index is 6.03. The number of benzene rings is 5. The molecule has 4 nitrogen and oxygen atoms in total. The third-order valence-corrected chi connectivity index (χ3v) is 6.36. The van der Waals surface area contributed by atoms with E-state index in [2.05, 4.69) is 95.1 Å². The van der Waals surface area contributed by atoms with E-state index in [1.165, 1.54) is 21.9 Å². The number of hydrogen-bond acceptors (Lipinski definition) is 3. The van der Waals surface area contributed by atoms with Gasteiger partial charge in [0.05, 0.1) is 0 Å². The van der Waals surface area contributed by atoms with Crippen LogP contribution in [-0.2, 0) is 0 Å². The van der Waals surface area contributed by atoms with Crippen LogP contribution in [0.15, 0.2) is 114 Å². The summed E-state index contributed by atoms with van der Waals surface area (Å²) in [5.41, 5.74) is 6.01. The molecule has 0 atom stereocenters. The van der Waals surface area contributed by atoms with Gasteiger partial charge >= 0.3 is 0 Å². The van der Waals surface area contributed by atoms with E-state index in [1.807, 2.05) is 24.3 Å². The number of para-hydroxylation sites is 1. The van der Waals surface area contributed by atoms with Crippen molar-refractivity contribution >= 4 is 32.7 Å². The molecule has 0 saturated carbocycles. The largest absolute Gasteiger partial charge is 0.456 e. The van der Waals surface area contributed by atoms with Crippen molar-refractivity contribution in [1.29, 1.82) is 0 Å². The molecule has 0 unspecified atom stereocenters. The van der Waals surface area contributed by atoms with Crippen molar-refractivity contribution < 1.29 is 4.42 Å². The van der Waals surface area contributed by atoms with E-state index in [4.69, 9.17) is 9.40 Å². The number of rotatable bonds is 3. The second kappa shape index (κ2) is 7.42. The SMILES string of the molecule is c1ccc2cc(-c3ccc(-c4n[nH]c(-c5ccc6c(c5)oc5ccccc56)n4)cc3)ccc2c1. The fraction of sp³-hybridized carbons (Fsp3) is 0. The van der Waals surface area contributed by atoms with Crippen LogP contribution in [0.1, 0.15) is 0 Å². The minimum Gasteiger partial charge on any atom is -0.456 e. The molecule has 2 heterocycles. The van der Waals surface area contributed by atoms with Crippen LogP contribution < -0.4 is 0 Å². The standard InChI is InChI=1S/C30H19N3O/c1-2-6-22-17-23(14-11-19(22)5-1)20-9-12-21(13-10-20)29-31-30(33-32-29)24-15-16-26-25-7-3-4-8-27(25)34-28(26)18-24/h1-18H,(H,31,32,33). The molecule has 0 bridgehead atoms. The van der Waals surface area contributed by atoms with Gasteiger partial charge in [0.25, 0.3) is 0 Å². The summed E-state index contributed by atoms with van der Waals surface area (Å²) in [7, 11) is 0. The maximum Gasteiger partial charge on any atom is 0.181 e. The van der Waals surface area contributed by atoms with Crippen LogP contribution in [0.25, 0.3) is 66.6 Å². The zero-order valence-corrected chi connectivity index (χ0v) is 18.2. The molecule has 0 spiro atoms. The molecule has 0 fully saturated rings. The maximum atomic E-state index is 6.03. The fourth-order valence-corrected chi connectivity index (χ4v) is 4.57. The topological polar surface area (TPSA) is 54.7 Å². The number of nitrogens with zero attached hydrogens (tertiary/aromatic N) is 2. The summed E-state index contributed by atoms with van der Waals surface area (Å²) in [5.74, 6) is 1.39. The normalized spacial score (nSPS) is 11.5. The lowest BCUT2D eigenvalue weighted by Crippen LogP contribution is -1.83. The van der Waals surface area contributed by atoms with Crippen LogP contribution in [0, 0.1) is 0 Å². The van der Waals surface area contributed by atoms with E-state index in [0.29, 0.717) is 5.82 Å². The molecule has 34 heavy (non-hydrogen) atoms. The summed E-state index contributed by atoms with van der Waals surface area (Å²) in [6.45, 7) is 0. The first-order valence-electron chi connectivity index (χ1n) is 11.3. The fourth-order valence-electron chi connectivity index (χ4n) is 4.57. The van der Waals surface area contributed by atoms with Crippen LogP contribution in [0.4, 0.5) is 0 Å². The van der Waals surface area contributed by atoms with Gasteiger partial charge < -0.3 is 4.42 Å². The molecule has 0 amide bonds. The van der Waals surface area contributed by atoms with E-state index in [-0.39, 0.29) is 0 Å². The summed E-state index contributed by atoms with van der Waals surface area (Å²) in [6, 6.07) is 37.6. The summed E-state index contributed by atoms with van der Waals surface area (Å²) in [6.07, 6.45) is 0. The van der Waals surface area contributed by atoms with Crippen molar-refractivity contribution in [2.45, 2.75) is 0 Å². The quantitative estimate of drug-likeness (QED) is 0.306. The van der Waals surface area contributed by atoms with Gasteiger partial charge in [0.15, 0.2) is 11.6 Å². The lowest BCUT2D eigenvalue weighted by Gasteiger charge is -2.05. The molecule has 1 N–H and O–H groups in total. The lowest BCUT2D eigenvalue weighted by atomic mass is 10.0. The third-order valence-electron chi connectivity index (χ3n) is 6.36. The highest BCUT2D eigenvalue weighted by Crippen LogP contribution is 2.32. The van der Waals surface area contributed by atoms with Gasteiger partial charge in [-0.3, -0.25) is 5.10 Å². The Labute approximate surface area is 195 Å². The third kappa shape index (κ3) is 3.08. The van der Waals surface area contributed by atoms with Gasteiger partial charge in [-0.15, -0.1) is 0 Å². The van der Waals surface area contributed by atoms with Crippen molar-refractivity contribution in [3.05, 3.63) is 109 Å². The van der Waals surface area contributed by atoms with Gasteiger partial charge in [0.1, 0.15) is 11.2 Å². The average molecular weight is 438 g/mol. The van der Waals surface area contributed by atoms with Crippen LogP contribution >= 0.6 is 0 Å². The van der Waals surface area contributed by atoms with Gasteiger partial charge in [-0.05, 0) is 46.2 Å². The minimum atomic E-state index is 0.671. The van der Waals surface area contributed by atoms with E-state index >= 15 is 0 Å². The van der Waals surface area contributed by atoms with Crippen molar-refractivity contribution in [3.63, 3.8) is 0 Å². The van der Waals surface area contributed by atoms with Crippen molar-refractivity contribution in [1.82, 2.24) is 15.2 Å². The van der Waals surface area contributed by atoms with E-state index in [1.54, 1.807) is 0 Å². The highest BCUT2D eigenvalue weighted by atomic mass is 16.3. The number of H-pyrrole nitrogens is 1. The van der Waals surface area contributed by atoms with E-state index < -0.39 is 0 Å². The van der Waals surface area contributed by atoms with Gasteiger partial charge in [0.2, 0.25) is 0 Å². The smallest absolute Gasteiger partial charge is 0.181 e. The molecule has 160 valence electrons. The molecule has 0 saturated heterocycles. The lowest BCUT2D eigenvalue weighted by molar-refractivity contribution is 0.669.